The smallest absolute Gasteiger partial charge is 0.0712 e. The molecule has 0 bridgehead atoms. The maximum absolute atomic E-state index is 5.28. The predicted molar refractivity (Wildman–Crippen MR) is 247 cm³/mol. The van der Waals surface area contributed by atoms with Gasteiger partial charge in [0.15, 0.2) is 0 Å². The third-order valence-corrected chi connectivity index (χ3v) is 11.9. The molecule has 0 spiro atoms. The maximum atomic E-state index is 5.28. The van der Waals surface area contributed by atoms with Gasteiger partial charge in [-0.15, -0.1) is 0 Å². The first-order valence-electron chi connectivity index (χ1n) is 20.2. The van der Waals surface area contributed by atoms with Gasteiger partial charge in [0.05, 0.1) is 39.1 Å². The van der Waals surface area contributed by atoms with E-state index in [1.807, 2.05) is 6.20 Å². The molecular formula is C55H40N4. The SMILES string of the molecule is Cc1ccc2c(c1)c1ccccc1n2-c1ccc(C)c(-c2cccc(-c3ccnc(-c4ccc(-n5c6ccccc6c6cc(-c7ccccc7)ccc65)cc4C)c3)n2)c1. The zero-order valence-electron chi connectivity index (χ0n) is 33.2. The van der Waals surface area contributed by atoms with E-state index in [0.717, 1.165) is 50.7 Å². The summed E-state index contributed by atoms with van der Waals surface area (Å²) in [5.74, 6) is 0. The molecule has 0 N–H and O–H groups in total. The number of rotatable bonds is 6. The molecule has 0 aliphatic rings. The zero-order valence-corrected chi connectivity index (χ0v) is 33.2. The number of pyridine rings is 2. The van der Waals surface area contributed by atoms with Crippen LogP contribution in [0.2, 0.25) is 0 Å². The average Bonchev–Trinajstić information content (AvgIpc) is 3.79. The van der Waals surface area contributed by atoms with Gasteiger partial charge in [-0.2, -0.15) is 0 Å². The summed E-state index contributed by atoms with van der Waals surface area (Å²) in [5.41, 5.74) is 19.1. The molecule has 280 valence electrons. The van der Waals surface area contributed by atoms with Crippen molar-refractivity contribution in [3.63, 3.8) is 0 Å². The van der Waals surface area contributed by atoms with E-state index < -0.39 is 0 Å². The van der Waals surface area contributed by atoms with Crippen LogP contribution in [-0.4, -0.2) is 19.1 Å². The highest BCUT2D eigenvalue weighted by Gasteiger charge is 2.17. The Morgan fingerprint density at radius 3 is 1.76 bits per heavy atom. The molecule has 59 heavy (non-hydrogen) atoms. The van der Waals surface area contributed by atoms with Gasteiger partial charge in [0.1, 0.15) is 0 Å². The number of para-hydroxylation sites is 2. The Hall–Kier alpha value is -7.56. The lowest BCUT2D eigenvalue weighted by Crippen LogP contribution is -1.97. The fourth-order valence-electron chi connectivity index (χ4n) is 9.01. The molecule has 7 aromatic carbocycles. The Morgan fingerprint density at radius 2 is 1.00 bits per heavy atom. The minimum atomic E-state index is 0.915. The van der Waals surface area contributed by atoms with Gasteiger partial charge >= 0.3 is 0 Å². The number of fused-ring (bicyclic) bond motifs is 6. The van der Waals surface area contributed by atoms with Crippen LogP contribution in [0.15, 0.2) is 188 Å². The summed E-state index contributed by atoms with van der Waals surface area (Å²) in [6, 6.07) is 65.5. The van der Waals surface area contributed by atoms with Crippen LogP contribution in [0.4, 0.5) is 0 Å². The van der Waals surface area contributed by atoms with E-state index in [1.165, 1.54) is 65.9 Å². The highest BCUT2D eigenvalue weighted by atomic mass is 15.0. The second kappa shape index (κ2) is 13.8. The van der Waals surface area contributed by atoms with Gasteiger partial charge in [-0.3, -0.25) is 4.98 Å². The van der Waals surface area contributed by atoms with Gasteiger partial charge in [-0.1, -0.05) is 103 Å². The highest BCUT2D eigenvalue weighted by Crippen LogP contribution is 2.38. The minimum Gasteiger partial charge on any atom is -0.309 e. The largest absolute Gasteiger partial charge is 0.309 e. The van der Waals surface area contributed by atoms with Crippen molar-refractivity contribution >= 4 is 43.6 Å². The van der Waals surface area contributed by atoms with Crippen LogP contribution in [0, 0.1) is 20.8 Å². The highest BCUT2D eigenvalue weighted by molar-refractivity contribution is 6.11. The van der Waals surface area contributed by atoms with Crippen LogP contribution in [0.25, 0.3) is 99.9 Å². The van der Waals surface area contributed by atoms with Crippen LogP contribution in [0.5, 0.6) is 0 Å². The maximum Gasteiger partial charge on any atom is 0.0712 e. The number of nitrogens with zero attached hydrogens (tertiary/aromatic N) is 4. The molecule has 11 aromatic rings. The average molecular weight is 757 g/mol. The van der Waals surface area contributed by atoms with E-state index in [2.05, 4.69) is 212 Å². The summed E-state index contributed by atoms with van der Waals surface area (Å²) >= 11 is 0. The van der Waals surface area contributed by atoms with Crippen molar-refractivity contribution < 1.29 is 0 Å². The Labute approximate surface area is 343 Å². The number of hydrogen-bond donors (Lipinski definition) is 0. The molecule has 4 aromatic heterocycles. The Balaban J connectivity index is 0.948. The Morgan fingerprint density at radius 1 is 0.356 bits per heavy atom. The second-order valence-corrected chi connectivity index (χ2v) is 15.7. The summed E-state index contributed by atoms with van der Waals surface area (Å²) in [4.78, 5) is 10.2. The predicted octanol–water partition coefficient (Wildman–Crippen LogP) is 14.3. The standard InChI is InChI=1S/C55H40N4/c1-35-20-26-54-47(30-35)44-14-7-9-18-52(44)59(54)42-23-21-36(2)46(34-42)50-17-11-16-49(57-50)40-28-29-56-51(33-40)43-25-24-41(31-37(43)3)58-53-19-10-8-15-45(53)48-32-39(22-27-55(48)58)38-12-5-4-6-13-38/h4-34H,1-3H3. The van der Waals surface area contributed by atoms with Gasteiger partial charge < -0.3 is 9.13 Å². The van der Waals surface area contributed by atoms with Gasteiger partial charge in [0, 0.05) is 55.8 Å². The molecule has 0 unspecified atom stereocenters. The molecular weight excluding hydrogens is 717 g/mol. The molecule has 4 nitrogen and oxygen atoms in total. The van der Waals surface area contributed by atoms with Gasteiger partial charge in [0.2, 0.25) is 0 Å². The first kappa shape index (κ1) is 34.7. The van der Waals surface area contributed by atoms with E-state index >= 15 is 0 Å². The molecule has 11 rings (SSSR count). The molecule has 4 heterocycles. The fraction of sp³-hybridized carbons (Fsp3) is 0.0545. The van der Waals surface area contributed by atoms with Crippen molar-refractivity contribution in [2.24, 2.45) is 0 Å². The molecule has 0 aliphatic heterocycles. The number of benzene rings is 7. The van der Waals surface area contributed by atoms with Crippen molar-refractivity contribution in [3.8, 4) is 56.3 Å². The van der Waals surface area contributed by atoms with Gasteiger partial charge in [0.25, 0.3) is 0 Å². The number of aromatic nitrogens is 4. The molecule has 0 fully saturated rings. The van der Waals surface area contributed by atoms with Gasteiger partial charge in [-0.05, 0) is 128 Å². The van der Waals surface area contributed by atoms with Crippen LogP contribution < -0.4 is 0 Å². The Kier molecular flexibility index (Phi) is 8.12. The van der Waals surface area contributed by atoms with Crippen molar-refractivity contribution in [1.82, 2.24) is 19.1 Å². The minimum absolute atomic E-state index is 0.915. The third-order valence-electron chi connectivity index (χ3n) is 11.9. The van der Waals surface area contributed by atoms with E-state index in [9.17, 15) is 0 Å². The van der Waals surface area contributed by atoms with Crippen molar-refractivity contribution in [2.45, 2.75) is 20.8 Å². The van der Waals surface area contributed by atoms with Crippen LogP contribution in [0.3, 0.4) is 0 Å². The van der Waals surface area contributed by atoms with E-state index in [0.29, 0.717) is 0 Å². The summed E-state index contributed by atoms with van der Waals surface area (Å²) in [7, 11) is 0. The van der Waals surface area contributed by atoms with E-state index in [4.69, 9.17) is 9.97 Å². The summed E-state index contributed by atoms with van der Waals surface area (Å²) in [5, 5.41) is 5.02. The lowest BCUT2D eigenvalue weighted by Gasteiger charge is -2.14. The lowest BCUT2D eigenvalue weighted by atomic mass is 10.0. The fourth-order valence-corrected chi connectivity index (χ4v) is 9.01. The zero-order chi connectivity index (χ0) is 39.6. The lowest BCUT2D eigenvalue weighted by molar-refractivity contribution is 1.17. The van der Waals surface area contributed by atoms with Crippen LogP contribution >= 0.6 is 0 Å². The van der Waals surface area contributed by atoms with E-state index in [-0.39, 0.29) is 0 Å². The topological polar surface area (TPSA) is 35.6 Å². The van der Waals surface area contributed by atoms with E-state index in [1.54, 1.807) is 0 Å². The first-order valence-corrected chi connectivity index (χ1v) is 20.2. The van der Waals surface area contributed by atoms with Gasteiger partial charge in [-0.25, -0.2) is 4.98 Å². The number of hydrogen-bond acceptors (Lipinski definition) is 2. The summed E-state index contributed by atoms with van der Waals surface area (Å²) < 4.78 is 4.76. The quantitative estimate of drug-likeness (QED) is 0.169. The molecule has 0 aliphatic carbocycles. The summed E-state index contributed by atoms with van der Waals surface area (Å²) in [6.07, 6.45) is 1.90. The summed E-state index contributed by atoms with van der Waals surface area (Å²) in [6.45, 7) is 6.51. The monoisotopic (exact) mass is 756 g/mol. The normalized spacial score (nSPS) is 11.6. The van der Waals surface area contributed by atoms with Crippen LogP contribution in [-0.2, 0) is 0 Å². The second-order valence-electron chi connectivity index (χ2n) is 15.7. The van der Waals surface area contributed by atoms with Crippen LogP contribution in [0.1, 0.15) is 16.7 Å². The van der Waals surface area contributed by atoms with Crippen molar-refractivity contribution in [2.75, 3.05) is 0 Å². The Bertz CT molecular complexity index is 3420. The number of aryl methyl sites for hydroxylation is 3. The molecule has 4 heteroatoms. The molecule has 0 amide bonds. The third kappa shape index (κ3) is 5.83. The van der Waals surface area contributed by atoms with Crippen molar-refractivity contribution in [1.29, 1.82) is 0 Å². The molecule has 0 saturated heterocycles. The van der Waals surface area contributed by atoms with Crippen molar-refractivity contribution in [3.05, 3.63) is 205 Å². The molecule has 0 radical (unpaired) electrons. The molecule has 0 atom stereocenters. The first-order chi connectivity index (χ1) is 29.0. The molecule has 0 saturated carbocycles.